The highest BCUT2D eigenvalue weighted by molar-refractivity contribution is 7.87. The number of aliphatic carboxylic acids is 1. The van der Waals surface area contributed by atoms with Crippen molar-refractivity contribution in [2.75, 3.05) is 5.75 Å². The van der Waals surface area contributed by atoms with Crippen molar-refractivity contribution in [2.45, 2.75) is 32.8 Å². The van der Waals surface area contributed by atoms with Crippen LogP contribution in [0, 0.1) is 0 Å². The van der Waals surface area contributed by atoms with Gasteiger partial charge in [0.25, 0.3) is 10.1 Å². The van der Waals surface area contributed by atoms with Gasteiger partial charge in [0.1, 0.15) is 0 Å². The fourth-order valence-electron chi connectivity index (χ4n) is 1.15. The van der Waals surface area contributed by atoms with Crippen LogP contribution in [0.1, 0.15) is 27.2 Å². The summed E-state index contributed by atoms with van der Waals surface area (Å²) in [4.78, 5) is 10.7. The van der Waals surface area contributed by atoms with Crippen LogP contribution in [-0.4, -0.2) is 30.8 Å². The van der Waals surface area contributed by atoms with Crippen molar-refractivity contribution in [1.29, 1.82) is 0 Å². The van der Waals surface area contributed by atoms with Gasteiger partial charge in [-0.2, -0.15) is 8.42 Å². The lowest BCUT2D eigenvalue weighted by Gasteiger charge is -2.18. The Labute approximate surface area is 77.8 Å². The lowest BCUT2D eigenvalue weighted by Crippen LogP contribution is -2.37. The first-order chi connectivity index (χ1) is 5.42. The van der Waals surface area contributed by atoms with Gasteiger partial charge >= 0.3 is 5.97 Å². The Kier molecular flexibility index (Phi) is 3.46. The first kappa shape index (κ1) is 12.4. The largest absolute Gasteiger partial charge is 0.479 e. The molecule has 0 amide bonds. The number of carboxylic acid groups (broad SMARTS) is 1. The number of carbonyl (C=O) groups is 1. The van der Waals surface area contributed by atoms with Crippen molar-refractivity contribution in [3.8, 4) is 0 Å². The molecule has 1 saturated heterocycles. The fraction of sp³-hybridized carbons (Fsp3) is 0.857. The van der Waals surface area contributed by atoms with Crippen molar-refractivity contribution >= 4 is 16.1 Å². The van der Waals surface area contributed by atoms with Gasteiger partial charge in [-0.25, -0.2) is 4.79 Å². The molecular weight excluding hydrogens is 196 g/mol. The van der Waals surface area contributed by atoms with E-state index in [9.17, 15) is 13.2 Å². The van der Waals surface area contributed by atoms with E-state index in [2.05, 4.69) is 4.18 Å². The summed E-state index contributed by atoms with van der Waals surface area (Å²) in [5.74, 6) is -1.40. The van der Waals surface area contributed by atoms with Gasteiger partial charge in [-0.1, -0.05) is 14.4 Å². The zero-order valence-corrected chi connectivity index (χ0v) is 7.43. The van der Waals surface area contributed by atoms with Gasteiger partial charge < -0.3 is 5.11 Å². The Balaban J connectivity index is 0.00000144. The summed E-state index contributed by atoms with van der Waals surface area (Å²) in [5.41, 5.74) is -1.50. The molecule has 1 aliphatic rings. The van der Waals surface area contributed by atoms with Crippen molar-refractivity contribution in [2.24, 2.45) is 0 Å². The van der Waals surface area contributed by atoms with Crippen LogP contribution in [-0.2, 0) is 19.1 Å². The molecule has 13 heavy (non-hydrogen) atoms. The third-order valence-electron chi connectivity index (χ3n) is 2.00. The fourth-order valence-corrected chi connectivity index (χ4v) is 2.57. The second-order valence-electron chi connectivity index (χ2n) is 2.75. The minimum Gasteiger partial charge on any atom is -0.479 e. The molecule has 1 rings (SSSR count). The van der Waals surface area contributed by atoms with E-state index in [1.165, 1.54) is 0 Å². The third kappa shape index (κ3) is 2.19. The molecule has 0 aromatic heterocycles. The lowest BCUT2D eigenvalue weighted by atomic mass is 9.98. The molecule has 5 nitrogen and oxygen atoms in total. The number of rotatable bonds is 2. The van der Waals surface area contributed by atoms with Gasteiger partial charge in [0, 0.05) is 6.42 Å². The first-order valence-electron chi connectivity index (χ1n) is 3.58. The number of hydrogen-bond donors (Lipinski definition) is 1. The molecule has 1 unspecified atom stereocenters. The molecule has 0 aliphatic carbocycles. The normalized spacial score (nSPS) is 30.8. The lowest BCUT2D eigenvalue weighted by molar-refractivity contribution is -0.154. The Hall–Kier alpha value is -0.620. The zero-order valence-electron chi connectivity index (χ0n) is 6.61. The molecular formula is C7H14O5S. The van der Waals surface area contributed by atoms with Crippen LogP contribution in [0.2, 0.25) is 0 Å². The standard InChI is InChI=1S/C6H10O5S.CH4/c1-2-6(5(7)8)3-4-12(9,10)11-6;/h2-4H2,1H3,(H,7,8);1H4. The van der Waals surface area contributed by atoms with E-state index in [0.717, 1.165) is 0 Å². The summed E-state index contributed by atoms with van der Waals surface area (Å²) in [7, 11) is -3.59. The molecule has 0 aromatic carbocycles. The molecule has 78 valence electrons. The molecule has 1 aliphatic heterocycles. The van der Waals surface area contributed by atoms with E-state index in [-0.39, 0.29) is 26.0 Å². The summed E-state index contributed by atoms with van der Waals surface area (Å²) in [6.45, 7) is 1.59. The van der Waals surface area contributed by atoms with Crippen LogP contribution < -0.4 is 0 Å². The average molecular weight is 210 g/mol. The first-order valence-corrected chi connectivity index (χ1v) is 5.16. The maximum Gasteiger partial charge on any atom is 0.337 e. The molecule has 1 fully saturated rings. The molecule has 0 spiro atoms. The average Bonchev–Trinajstić information content (AvgIpc) is 2.27. The Morgan fingerprint density at radius 3 is 2.31 bits per heavy atom. The van der Waals surface area contributed by atoms with Gasteiger partial charge in [0.05, 0.1) is 5.75 Å². The number of carboxylic acids is 1. The van der Waals surface area contributed by atoms with Crippen molar-refractivity contribution in [1.82, 2.24) is 0 Å². The molecule has 1 heterocycles. The second kappa shape index (κ2) is 3.63. The van der Waals surface area contributed by atoms with Crippen molar-refractivity contribution in [3.05, 3.63) is 0 Å². The van der Waals surface area contributed by atoms with E-state index < -0.39 is 21.7 Å². The Morgan fingerprint density at radius 1 is 1.62 bits per heavy atom. The van der Waals surface area contributed by atoms with Crippen LogP contribution in [0.3, 0.4) is 0 Å². The summed E-state index contributed by atoms with van der Waals surface area (Å²) in [5, 5.41) is 8.71. The smallest absolute Gasteiger partial charge is 0.337 e. The van der Waals surface area contributed by atoms with Gasteiger partial charge in [-0.3, -0.25) is 4.18 Å². The predicted octanol–water partition coefficient (Wildman–Crippen LogP) is 0.606. The Morgan fingerprint density at radius 2 is 2.15 bits per heavy atom. The molecule has 1 N–H and O–H groups in total. The zero-order chi connectivity index (χ0) is 9.41. The van der Waals surface area contributed by atoms with Crippen LogP contribution in [0.4, 0.5) is 0 Å². The maximum absolute atomic E-state index is 10.8. The highest BCUT2D eigenvalue weighted by Gasteiger charge is 2.48. The Bertz CT molecular complexity index is 294. The van der Waals surface area contributed by atoms with Gasteiger partial charge in [-0.15, -0.1) is 0 Å². The minimum absolute atomic E-state index is 0. The monoisotopic (exact) mass is 210 g/mol. The van der Waals surface area contributed by atoms with Crippen LogP contribution in [0.15, 0.2) is 0 Å². The highest BCUT2D eigenvalue weighted by Crippen LogP contribution is 2.31. The SMILES string of the molecule is C.CCC1(C(=O)O)CCS(=O)(=O)O1. The molecule has 6 heteroatoms. The quantitative estimate of drug-likeness (QED) is 0.675. The molecule has 0 aromatic rings. The van der Waals surface area contributed by atoms with Crippen molar-refractivity contribution < 1.29 is 22.5 Å². The highest BCUT2D eigenvalue weighted by atomic mass is 32.2. The van der Waals surface area contributed by atoms with Crippen molar-refractivity contribution in [3.63, 3.8) is 0 Å². The molecule has 1 atom stereocenters. The summed E-state index contributed by atoms with van der Waals surface area (Å²) < 4.78 is 26.2. The van der Waals surface area contributed by atoms with E-state index in [4.69, 9.17) is 5.11 Å². The summed E-state index contributed by atoms with van der Waals surface area (Å²) in [6, 6.07) is 0. The van der Waals surface area contributed by atoms with Gasteiger partial charge in [-0.05, 0) is 6.42 Å². The van der Waals surface area contributed by atoms with E-state index in [1.54, 1.807) is 6.92 Å². The predicted molar refractivity (Wildman–Crippen MR) is 46.9 cm³/mol. The van der Waals surface area contributed by atoms with Crippen LogP contribution in [0.5, 0.6) is 0 Å². The molecule has 0 bridgehead atoms. The van der Waals surface area contributed by atoms with Gasteiger partial charge in [0.15, 0.2) is 5.60 Å². The van der Waals surface area contributed by atoms with E-state index in [1.807, 2.05) is 0 Å². The van der Waals surface area contributed by atoms with E-state index in [0.29, 0.717) is 0 Å². The maximum atomic E-state index is 10.8. The van der Waals surface area contributed by atoms with Gasteiger partial charge in [0.2, 0.25) is 0 Å². The topological polar surface area (TPSA) is 80.7 Å². The van der Waals surface area contributed by atoms with Crippen LogP contribution in [0.25, 0.3) is 0 Å². The summed E-state index contributed by atoms with van der Waals surface area (Å²) in [6.07, 6.45) is 0.211. The number of hydrogen-bond acceptors (Lipinski definition) is 4. The second-order valence-corrected chi connectivity index (χ2v) is 4.44. The van der Waals surface area contributed by atoms with E-state index >= 15 is 0 Å². The summed E-state index contributed by atoms with van der Waals surface area (Å²) >= 11 is 0. The molecule has 0 saturated carbocycles. The molecule has 0 radical (unpaired) electrons. The van der Waals surface area contributed by atoms with Crippen LogP contribution >= 0.6 is 0 Å². The minimum atomic E-state index is -3.59. The third-order valence-corrected chi connectivity index (χ3v) is 3.28.